The lowest BCUT2D eigenvalue weighted by molar-refractivity contribution is -0.120. The third kappa shape index (κ3) is 4.43. The second kappa shape index (κ2) is 7.45. The lowest BCUT2D eigenvalue weighted by atomic mass is 10.1. The molecule has 0 radical (unpaired) electrons. The summed E-state index contributed by atoms with van der Waals surface area (Å²) in [4.78, 5) is 11.7. The van der Waals surface area contributed by atoms with Crippen LogP contribution in [0, 0.1) is 6.92 Å². The number of halogens is 1. The number of carbonyl (C=O) groups is 1. The van der Waals surface area contributed by atoms with Crippen molar-refractivity contribution in [2.75, 3.05) is 5.73 Å². The number of hydrazone groups is 1. The van der Waals surface area contributed by atoms with Gasteiger partial charge in [0, 0.05) is 10.6 Å². The predicted octanol–water partition coefficient (Wildman–Crippen LogP) is 3.03. The van der Waals surface area contributed by atoms with Gasteiger partial charge in [-0.3, -0.25) is 4.79 Å². The van der Waals surface area contributed by atoms with E-state index in [2.05, 4.69) is 20.7 Å². The van der Waals surface area contributed by atoms with Gasteiger partial charge in [0.2, 0.25) is 11.0 Å². The van der Waals surface area contributed by atoms with Gasteiger partial charge in [0.1, 0.15) is 16.5 Å². The number of nitrogens with zero attached hydrogens (tertiary/aromatic N) is 3. The molecule has 0 fully saturated rings. The van der Waals surface area contributed by atoms with Crippen molar-refractivity contribution in [1.82, 2.24) is 15.6 Å². The van der Waals surface area contributed by atoms with E-state index in [1.807, 2.05) is 31.2 Å². The summed E-state index contributed by atoms with van der Waals surface area (Å²) < 4.78 is 5.67. The van der Waals surface area contributed by atoms with Crippen LogP contribution in [0.15, 0.2) is 39.9 Å². The van der Waals surface area contributed by atoms with Crippen molar-refractivity contribution < 1.29 is 9.21 Å². The van der Waals surface area contributed by atoms with Crippen molar-refractivity contribution in [2.45, 2.75) is 13.3 Å². The fraction of sp³-hybridized carbons (Fsp3) is 0.125. The number of hydrogen-bond donors (Lipinski definition) is 2. The molecule has 3 aromatic rings. The second-order valence-corrected chi connectivity index (χ2v) is 6.67. The van der Waals surface area contributed by atoms with Gasteiger partial charge >= 0.3 is 0 Å². The molecule has 0 saturated carbocycles. The van der Waals surface area contributed by atoms with Crippen LogP contribution in [0.3, 0.4) is 0 Å². The fourth-order valence-electron chi connectivity index (χ4n) is 2.01. The summed E-state index contributed by atoms with van der Waals surface area (Å²) in [7, 11) is 0. The Morgan fingerprint density at radius 2 is 2.24 bits per heavy atom. The van der Waals surface area contributed by atoms with E-state index in [-0.39, 0.29) is 12.3 Å². The van der Waals surface area contributed by atoms with E-state index in [0.29, 0.717) is 26.7 Å². The lowest BCUT2D eigenvalue weighted by Crippen LogP contribution is -2.19. The maximum absolute atomic E-state index is 11.7. The van der Waals surface area contributed by atoms with Crippen LogP contribution in [0.4, 0.5) is 5.13 Å². The molecule has 2 aromatic heterocycles. The monoisotopic (exact) mass is 375 g/mol. The number of aromatic nitrogens is 2. The highest BCUT2D eigenvalue weighted by Crippen LogP contribution is 2.26. The molecule has 128 valence electrons. The smallest absolute Gasteiger partial charge is 0.247 e. The van der Waals surface area contributed by atoms with Gasteiger partial charge in [-0.05, 0) is 30.7 Å². The predicted molar refractivity (Wildman–Crippen MR) is 97.7 cm³/mol. The molecule has 0 atom stereocenters. The summed E-state index contributed by atoms with van der Waals surface area (Å²) in [5.41, 5.74) is 9.73. The molecule has 0 aliphatic heterocycles. The van der Waals surface area contributed by atoms with Crippen LogP contribution in [0.1, 0.15) is 16.3 Å². The Bertz CT molecular complexity index is 934. The summed E-state index contributed by atoms with van der Waals surface area (Å²) >= 11 is 7.29. The summed E-state index contributed by atoms with van der Waals surface area (Å²) in [6.45, 7) is 1.94. The van der Waals surface area contributed by atoms with Crippen LogP contribution in [-0.4, -0.2) is 22.3 Å². The highest BCUT2D eigenvalue weighted by molar-refractivity contribution is 7.15. The first kappa shape index (κ1) is 17.1. The van der Waals surface area contributed by atoms with Crippen LogP contribution >= 0.6 is 22.9 Å². The van der Waals surface area contributed by atoms with Crippen LogP contribution in [0.25, 0.3) is 11.3 Å². The molecule has 1 aromatic carbocycles. The van der Waals surface area contributed by atoms with Crippen LogP contribution in [-0.2, 0) is 11.2 Å². The van der Waals surface area contributed by atoms with Gasteiger partial charge in [0.15, 0.2) is 0 Å². The maximum atomic E-state index is 11.7. The van der Waals surface area contributed by atoms with Crippen molar-refractivity contribution in [2.24, 2.45) is 5.10 Å². The minimum absolute atomic E-state index is 0.0669. The molecular formula is C16H14ClN5O2S. The number of nitrogen functional groups attached to an aromatic ring is 1. The maximum Gasteiger partial charge on any atom is 0.247 e. The average molecular weight is 376 g/mol. The molecule has 3 N–H and O–H groups in total. The normalized spacial score (nSPS) is 11.1. The second-order valence-electron chi connectivity index (χ2n) is 5.17. The summed E-state index contributed by atoms with van der Waals surface area (Å²) in [6, 6.07) is 9.26. The largest absolute Gasteiger partial charge is 0.455 e. The third-order valence-corrected chi connectivity index (χ3v) is 4.42. The number of nitrogens with one attached hydrogen (secondary N) is 1. The Balaban J connectivity index is 1.59. The zero-order valence-corrected chi connectivity index (χ0v) is 14.8. The van der Waals surface area contributed by atoms with E-state index in [4.69, 9.17) is 21.8 Å². The SMILES string of the molecule is Cc1ccc(-c2ccc(C=NNC(=O)Cc3nnc(N)s3)o2)cc1Cl. The Labute approximate surface area is 152 Å². The molecule has 0 aliphatic carbocycles. The van der Waals surface area contributed by atoms with Crippen LogP contribution in [0.5, 0.6) is 0 Å². The first-order valence-corrected chi connectivity index (χ1v) is 8.47. The van der Waals surface area contributed by atoms with E-state index in [1.54, 1.807) is 6.07 Å². The molecule has 0 unspecified atom stereocenters. The molecule has 0 bridgehead atoms. The minimum Gasteiger partial charge on any atom is -0.455 e. The van der Waals surface area contributed by atoms with Gasteiger partial charge < -0.3 is 10.2 Å². The molecule has 25 heavy (non-hydrogen) atoms. The third-order valence-electron chi connectivity index (χ3n) is 3.26. The first-order valence-electron chi connectivity index (χ1n) is 7.27. The number of carbonyl (C=O) groups excluding carboxylic acids is 1. The first-order chi connectivity index (χ1) is 12.0. The van der Waals surface area contributed by atoms with Crippen molar-refractivity contribution in [3.05, 3.63) is 51.7 Å². The van der Waals surface area contributed by atoms with Crippen molar-refractivity contribution >= 4 is 40.2 Å². The Morgan fingerprint density at radius 3 is 2.96 bits per heavy atom. The van der Waals surface area contributed by atoms with E-state index in [0.717, 1.165) is 22.5 Å². The van der Waals surface area contributed by atoms with Gasteiger partial charge in [-0.2, -0.15) is 5.10 Å². The molecular weight excluding hydrogens is 362 g/mol. The molecule has 0 spiro atoms. The minimum atomic E-state index is -0.315. The average Bonchev–Trinajstić information content (AvgIpc) is 3.19. The van der Waals surface area contributed by atoms with Gasteiger partial charge in [-0.25, -0.2) is 5.43 Å². The standard InChI is InChI=1S/C16H14ClN5O2S/c1-9-2-3-10(6-12(9)17)13-5-4-11(24-13)8-19-20-14(23)7-15-21-22-16(18)25-15/h2-6,8H,7H2,1H3,(H2,18,22)(H,20,23). The molecule has 0 saturated heterocycles. The van der Waals surface area contributed by atoms with Crippen molar-refractivity contribution in [3.63, 3.8) is 0 Å². The van der Waals surface area contributed by atoms with E-state index < -0.39 is 0 Å². The number of rotatable bonds is 5. The quantitative estimate of drug-likeness (QED) is 0.526. The van der Waals surface area contributed by atoms with Crippen LogP contribution < -0.4 is 11.2 Å². The Hall–Kier alpha value is -2.71. The number of hydrogen-bond acceptors (Lipinski definition) is 7. The van der Waals surface area contributed by atoms with Gasteiger partial charge in [0.05, 0.1) is 12.6 Å². The number of nitrogens with two attached hydrogens (primary N) is 1. The highest BCUT2D eigenvalue weighted by Gasteiger charge is 2.08. The molecule has 9 heteroatoms. The van der Waals surface area contributed by atoms with Crippen molar-refractivity contribution in [3.8, 4) is 11.3 Å². The van der Waals surface area contributed by atoms with Gasteiger partial charge in [-0.15, -0.1) is 10.2 Å². The van der Waals surface area contributed by atoms with Crippen LogP contribution in [0.2, 0.25) is 5.02 Å². The van der Waals surface area contributed by atoms with Gasteiger partial charge in [0.25, 0.3) is 0 Å². The number of anilines is 1. The number of benzene rings is 1. The van der Waals surface area contributed by atoms with E-state index >= 15 is 0 Å². The van der Waals surface area contributed by atoms with Crippen molar-refractivity contribution in [1.29, 1.82) is 0 Å². The van der Waals surface area contributed by atoms with E-state index in [9.17, 15) is 4.79 Å². The Morgan fingerprint density at radius 1 is 1.40 bits per heavy atom. The zero-order valence-electron chi connectivity index (χ0n) is 13.2. The van der Waals surface area contributed by atoms with Gasteiger partial charge in [-0.1, -0.05) is 35.1 Å². The molecule has 3 rings (SSSR count). The number of furan rings is 1. The summed E-state index contributed by atoms with van der Waals surface area (Å²) in [5, 5.41) is 12.8. The molecule has 2 heterocycles. The highest BCUT2D eigenvalue weighted by atomic mass is 35.5. The Kier molecular flexibility index (Phi) is 5.11. The number of amides is 1. The molecule has 1 amide bonds. The summed E-state index contributed by atoms with van der Waals surface area (Å²) in [6.07, 6.45) is 1.49. The topological polar surface area (TPSA) is 106 Å². The fourth-order valence-corrected chi connectivity index (χ4v) is 2.79. The van der Waals surface area contributed by atoms with E-state index in [1.165, 1.54) is 6.21 Å². The molecule has 7 nitrogen and oxygen atoms in total. The summed E-state index contributed by atoms with van der Waals surface area (Å²) in [5.74, 6) is 0.857. The molecule has 0 aliphatic rings. The number of aryl methyl sites for hydroxylation is 1. The zero-order chi connectivity index (χ0) is 17.8. The lowest BCUT2D eigenvalue weighted by Gasteiger charge is -2.00.